The maximum atomic E-state index is 13.1. The Morgan fingerprint density at radius 1 is 1.19 bits per heavy atom. The Morgan fingerprint density at radius 3 is 2.42 bits per heavy atom. The van der Waals surface area contributed by atoms with Gasteiger partial charge in [-0.2, -0.15) is 0 Å². The molecule has 2 amide bonds. The molecule has 0 N–H and O–H groups in total. The number of hydrogen-bond donors (Lipinski definition) is 0. The third kappa shape index (κ3) is 3.76. The van der Waals surface area contributed by atoms with Crippen molar-refractivity contribution in [3.8, 4) is 0 Å². The van der Waals surface area contributed by atoms with Crippen LogP contribution in [-0.2, 0) is 16.0 Å². The van der Waals surface area contributed by atoms with Crippen molar-refractivity contribution in [2.75, 3.05) is 13.1 Å². The van der Waals surface area contributed by atoms with Gasteiger partial charge in [-0.05, 0) is 43.9 Å². The number of hydrogen-bond acceptors (Lipinski definition) is 2. The average Bonchev–Trinajstić information content (AvgIpc) is 2.96. The van der Waals surface area contributed by atoms with Crippen LogP contribution in [0.3, 0.4) is 0 Å². The summed E-state index contributed by atoms with van der Waals surface area (Å²) in [7, 11) is 0. The van der Waals surface area contributed by atoms with E-state index in [1.807, 2.05) is 16.7 Å². The van der Waals surface area contributed by atoms with Crippen LogP contribution in [0.4, 0.5) is 4.39 Å². The number of amides is 2. The molecule has 0 bridgehead atoms. The van der Waals surface area contributed by atoms with Crippen LogP contribution >= 0.6 is 0 Å². The number of carbonyl (C=O) groups excluding carboxylic acids is 2. The minimum atomic E-state index is -0.286. The quantitative estimate of drug-likeness (QED) is 0.824. The molecule has 1 spiro atoms. The Balaban J connectivity index is 1.80. The summed E-state index contributed by atoms with van der Waals surface area (Å²) in [6.45, 7) is 4.90. The van der Waals surface area contributed by atoms with Crippen LogP contribution in [0.1, 0.15) is 57.9 Å². The molecule has 1 saturated carbocycles. The molecular formula is C21H29FN2O2. The number of likely N-dealkylation sites (tertiary alicyclic amines) is 1. The standard InChI is InChI=1S/C21H29FN2O2/c1-3-23(16(2)25)19-14-21(11-5-4-6-12-21)24(15-19)20(26)13-17-7-9-18(22)10-8-17/h7-10,19H,3-6,11-15H2,1-2H3/t19-/m0/s1. The van der Waals surface area contributed by atoms with Gasteiger partial charge in [-0.3, -0.25) is 9.59 Å². The summed E-state index contributed by atoms with van der Waals surface area (Å²) in [6.07, 6.45) is 6.72. The van der Waals surface area contributed by atoms with E-state index in [2.05, 4.69) is 0 Å². The molecule has 1 aliphatic heterocycles. The highest BCUT2D eigenvalue weighted by molar-refractivity contribution is 5.80. The third-order valence-electron chi connectivity index (χ3n) is 6.12. The van der Waals surface area contributed by atoms with Crippen LogP contribution in [0.5, 0.6) is 0 Å². The lowest BCUT2D eigenvalue weighted by Gasteiger charge is -2.41. The molecule has 0 radical (unpaired) electrons. The van der Waals surface area contributed by atoms with Gasteiger partial charge in [0.2, 0.25) is 11.8 Å². The first-order valence-electron chi connectivity index (χ1n) is 9.77. The predicted molar refractivity (Wildman–Crippen MR) is 99.1 cm³/mol. The van der Waals surface area contributed by atoms with E-state index in [1.54, 1.807) is 19.1 Å². The van der Waals surface area contributed by atoms with E-state index in [9.17, 15) is 14.0 Å². The van der Waals surface area contributed by atoms with Crippen molar-refractivity contribution in [3.05, 3.63) is 35.6 Å². The predicted octanol–water partition coefficient (Wildman–Crippen LogP) is 3.54. The summed E-state index contributed by atoms with van der Waals surface area (Å²) in [4.78, 5) is 29.1. The van der Waals surface area contributed by atoms with E-state index < -0.39 is 0 Å². The van der Waals surface area contributed by atoms with E-state index in [0.717, 1.165) is 37.7 Å². The zero-order valence-electron chi connectivity index (χ0n) is 15.8. The number of rotatable bonds is 4. The van der Waals surface area contributed by atoms with Gasteiger partial charge in [0, 0.05) is 25.6 Å². The van der Waals surface area contributed by atoms with Gasteiger partial charge in [-0.25, -0.2) is 4.39 Å². The van der Waals surface area contributed by atoms with Gasteiger partial charge in [0.15, 0.2) is 0 Å². The highest BCUT2D eigenvalue weighted by Crippen LogP contribution is 2.43. The van der Waals surface area contributed by atoms with Crippen LogP contribution in [0.15, 0.2) is 24.3 Å². The van der Waals surface area contributed by atoms with Gasteiger partial charge < -0.3 is 9.80 Å². The van der Waals surface area contributed by atoms with Gasteiger partial charge in [-0.1, -0.05) is 31.4 Å². The third-order valence-corrected chi connectivity index (χ3v) is 6.12. The number of halogens is 1. The van der Waals surface area contributed by atoms with Crippen LogP contribution in [-0.4, -0.2) is 46.3 Å². The smallest absolute Gasteiger partial charge is 0.227 e. The van der Waals surface area contributed by atoms with Crippen molar-refractivity contribution in [2.24, 2.45) is 0 Å². The fourth-order valence-corrected chi connectivity index (χ4v) is 4.89. The molecule has 1 aromatic carbocycles. The molecule has 26 heavy (non-hydrogen) atoms. The average molecular weight is 360 g/mol. The fourth-order valence-electron chi connectivity index (χ4n) is 4.89. The summed E-state index contributed by atoms with van der Waals surface area (Å²) < 4.78 is 13.1. The summed E-state index contributed by atoms with van der Waals surface area (Å²) in [5, 5.41) is 0. The van der Waals surface area contributed by atoms with Crippen molar-refractivity contribution in [2.45, 2.75) is 70.4 Å². The van der Waals surface area contributed by atoms with E-state index in [-0.39, 0.29) is 29.2 Å². The molecule has 5 heteroatoms. The molecule has 2 aliphatic rings. The van der Waals surface area contributed by atoms with Crippen LogP contribution in [0.25, 0.3) is 0 Å². The first-order chi connectivity index (χ1) is 12.4. The normalized spacial score (nSPS) is 21.8. The Labute approximate surface area is 155 Å². The number of benzene rings is 1. The van der Waals surface area contributed by atoms with Gasteiger partial charge in [0.1, 0.15) is 5.82 Å². The molecule has 3 rings (SSSR count). The van der Waals surface area contributed by atoms with E-state index in [0.29, 0.717) is 19.5 Å². The maximum absolute atomic E-state index is 13.1. The van der Waals surface area contributed by atoms with Crippen molar-refractivity contribution < 1.29 is 14.0 Å². The van der Waals surface area contributed by atoms with Crippen molar-refractivity contribution in [3.63, 3.8) is 0 Å². The summed E-state index contributed by atoms with van der Waals surface area (Å²) in [5.41, 5.74) is 0.729. The lowest BCUT2D eigenvalue weighted by molar-refractivity contribution is -0.136. The fraction of sp³-hybridized carbons (Fsp3) is 0.619. The van der Waals surface area contributed by atoms with E-state index in [1.165, 1.54) is 18.6 Å². The lowest BCUT2D eigenvalue weighted by Crippen LogP contribution is -2.49. The Hall–Kier alpha value is -1.91. The van der Waals surface area contributed by atoms with Crippen LogP contribution < -0.4 is 0 Å². The van der Waals surface area contributed by atoms with E-state index >= 15 is 0 Å². The molecule has 1 atom stereocenters. The SMILES string of the molecule is CCN(C(C)=O)[C@@H]1CN(C(=O)Cc2ccc(F)cc2)C2(CCCCC2)C1. The van der Waals surface area contributed by atoms with Crippen LogP contribution in [0, 0.1) is 5.82 Å². The van der Waals surface area contributed by atoms with Gasteiger partial charge >= 0.3 is 0 Å². The molecule has 1 saturated heterocycles. The molecule has 1 aromatic rings. The van der Waals surface area contributed by atoms with Gasteiger partial charge in [0.25, 0.3) is 0 Å². The largest absolute Gasteiger partial charge is 0.338 e. The zero-order chi connectivity index (χ0) is 18.7. The second kappa shape index (κ2) is 7.77. The molecular weight excluding hydrogens is 331 g/mol. The Morgan fingerprint density at radius 2 is 1.85 bits per heavy atom. The Bertz CT molecular complexity index is 652. The monoisotopic (exact) mass is 360 g/mol. The zero-order valence-corrected chi connectivity index (χ0v) is 15.8. The van der Waals surface area contributed by atoms with Gasteiger partial charge in [-0.15, -0.1) is 0 Å². The minimum absolute atomic E-state index is 0.0799. The first kappa shape index (κ1) is 18.9. The van der Waals surface area contributed by atoms with Crippen molar-refractivity contribution in [1.29, 1.82) is 0 Å². The van der Waals surface area contributed by atoms with Crippen molar-refractivity contribution in [1.82, 2.24) is 9.80 Å². The first-order valence-corrected chi connectivity index (χ1v) is 9.77. The van der Waals surface area contributed by atoms with Crippen molar-refractivity contribution >= 4 is 11.8 Å². The Kier molecular flexibility index (Phi) is 5.64. The highest BCUT2D eigenvalue weighted by atomic mass is 19.1. The lowest BCUT2D eigenvalue weighted by atomic mass is 9.79. The number of likely N-dealkylation sites (N-methyl/N-ethyl adjacent to an activating group) is 1. The molecule has 142 valence electrons. The maximum Gasteiger partial charge on any atom is 0.227 e. The number of nitrogens with zero attached hydrogens (tertiary/aromatic N) is 2. The second-order valence-electron chi connectivity index (χ2n) is 7.76. The minimum Gasteiger partial charge on any atom is -0.338 e. The second-order valence-corrected chi connectivity index (χ2v) is 7.76. The summed E-state index contributed by atoms with van der Waals surface area (Å²) >= 11 is 0. The molecule has 1 heterocycles. The van der Waals surface area contributed by atoms with Crippen LogP contribution in [0.2, 0.25) is 0 Å². The molecule has 4 nitrogen and oxygen atoms in total. The molecule has 0 aromatic heterocycles. The highest BCUT2D eigenvalue weighted by Gasteiger charge is 2.49. The number of carbonyl (C=O) groups is 2. The van der Waals surface area contributed by atoms with E-state index in [4.69, 9.17) is 0 Å². The molecule has 0 unspecified atom stereocenters. The topological polar surface area (TPSA) is 40.6 Å². The van der Waals surface area contributed by atoms with Gasteiger partial charge in [0.05, 0.1) is 12.5 Å². The summed E-state index contributed by atoms with van der Waals surface area (Å²) in [6, 6.07) is 6.28. The molecule has 1 aliphatic carbocycles. The summed E-state index contributed by atoms with van der Waals surface area (Å²) in [5.74, 6) is -0.108. The molecule has 2 fully saturated rings.